The second-order valence-corrected chi connectivity index (χ2v) is 10.7. The Morgan fingerprint density at radius 1 is 1.12 bits per heavy atom. The van der Waals surface area contributed by atoms with E-state index in [1.54, 1.807) is 19.1 Å². The van der Waals surface area contributed by atoms with Crippen molar-refractivity contribution in [2.75, 3.05) is 51.3 Å². The number of benzene rings is 1. The number of nitrogens with one attached hydrogen (secondary N) is 2. The van der Waals surface area contributed by atoms with Crippen LogP contribution in [0.2, 0.25) is 0 Å². The number of carbonyl (C=O) groups is 2. The SMILES string of the molecule is Cc1ccc(NC(=O)CN2CCC(C(=O)NC(C)C)CC2)cc1S(=O)(=O)N1CCOCC1. The lowest BCUT2D eigenvalue weighted by Gasteiger charge is -2.31. The lowest BCUT2D eigenvalue weighted by atomic mass is 9.95. The average molecular weight is 467 g/mol. The molecule has 0 aromatic heterocycles. The van der Waals surface area contributed by atoms with E-state index < -0.39 is 10.0 Å². The highest BCUT2D eigenvalue weighted by Gasteiger charge is 2.29. The van der Waals surface area contributed by atoms with Gasteiger partial charge in [0.2, 0.25) is 21.8 Å². The topological polar surface area (TPSA) is 108 Å². The summed E-state index contributed by atoms with van der Waals surface area (Å²) >= 11 is 0. The number of piperidine rings is 1. The highest BCUT2D eigenvalue weighted by Crippen LogP contribution is 2.24. The van der Waals surface area contributed by atoms with Gasteiger partial charge in [-0.3, -0.25) is 14.5 Å². The summed E-state index contributed by atoms with van der Waals surface area (Å²) in [5.74, 6) is -0.131. The highest BCUT2D eigenvalue weighted by atomic mass is 32.2. The van der Waals surface area contributed by atoms with Crippen molar-refractivity contribution in [3.63, 3.8) is 0 Å². The first-order valence-electron chi connectivity index (χ1n) is 11.2. The molecular formula is C22H34N4O5S. The third-order valence-electron chi connectivity index (χ3n) is 5.82. The maximum Gasteiger partial charge on any atom is 0.243 e. The first-order chi connectivity index (χ1) is 15.2. The fraction of sp³-hybridized carbons (Fsp3) is 0.636. The smallest absolute Gasteiger partial charge is 0.243 e. The van der Waals surface area contributed by atoms with Crippen LogP contribution < -0.4 is 10.6 Å². The summed E-state index contributed by atoms with van der Waals surface area (Å²) in [5.41, 5.74) is 1.09. The summed E-state index contributed by atoms with van der Waals surface area (Å²) in [6, 6.07) is 5.08. The van der Waals surface area contributed by atoms with Gasteiger partial charge in [-0.05, 0) is 64.4 Å². The molecule has 2 fully saturated rings. The zero-order valence-corrected chi connectivity index (χ0v) is 19.9. The standard InChI is InChI=1S/C22H34N4O5S/c1-16(2)23-22(28)18-6-8-25(9-7-18)15-21(27)24-19-5-4-17(3)20(14-19)32(29,30)26-10-12-31-13-11-26/h4-5,14,16,18H,6-13,15H2,1-3H3,(H,23,28)(H,24,27). The summed E-state index contributed by atoms with van der Waals surface area (Å²) in [6.45, 7) is 8.60. The van der Waals surface area contributed by atoms with Gasteiger partial charge in [0, 0.05) is 30.7 Å². The number of hydrogen-bond donors (Lipinski definition) is 2. The molecule has 2 amide bonds. The van der Waals surface area contributed by atoms with Crippen molar-refractivity contribution in [2.24, 2.45) is 5.92 Å². The van der Waals surface area contributed by atoms with Crippen LogP contribution >= 0.6 is 0 Å². The van der Waals surface area contributed by atoms with Crippen molar-refractivity contribution in [3.05, 3.63) is 23.8 Å². The first-order valence-corrected chi connectivity index (χ1v) is 12.6. The van der Waals surface area contributed by atoms with E-state index in [4.69, 9.17) is 4.74 Å². The molecule has 0 radical (unpaired) electrons. The molecule has 2 saturated heterocycles. The number of carbonyl (C=O) groups excluding carboxylic acids is 2. The quantitative estimate of drug-likeness (QED) is 0.625. The van der Waals surface area contributed by atoms with E-state index in [1.807, 2.05) is 18.7 Å². The van der Waals surface area contributed by atoms with Crippen molar-refractivity contribution in [3.8, 4) is 0 Å². The van der Waals surface area contributed by atoms with Crippen LogP contribution in [0.15, 0.2) is 23.1 Å². The van der Waals surface area contributed by atoms with Crippen LogP contribution in [0, 0.1) is 12.8 Å². The monoisotopic (exact) mass is 466 g/mol. The van der Waals surface area contributed by atoms with E-state index in [0.29, 0.717) is 50.6 Å². The van der Waals surface area contributed by atoms with Gasteiger partial charge in [-0.1, -0.05) is 6.07 Å². The first kappa shape index (κ1) is 24.6. The molecule has 0 spiro atoms. The summed E-state index contributed by atoms with van der Waals surface area (Å²) in [5, 5.41) is 5.77. The number of likely N-dealkylation sites (tertiary alicyclic amines) is 1. The largest absolute Gasteiger partial charge is 0.379 e. The Morgan fingerprint density at radius 3 is 2.41 bits per heavy atom. The number of aryl methyl sites for hydroxylation is 1. The number of rotatable bonds is 7. The Kier molecular flexibility index (Phi) is 8.26. The zero-order valence-electron chi connectivity index (χ0n) is 19.1. The number of morpholine rings is 1. The van der Waals surface area contributed by atoms with Crippen molar-refractivity contribution in [2.45, 2.75) is 44.6 Å². The Bertz CT molecular complexity index is 920. The third kappa shape index (κ3) is 6.28. The third-order valence-corrected chi connectivity index (χ3v) is 7.86. The fourth-order valence-electron chi connectivity index (χ4n) is 4.04. The summed E-state index contributed by atoms with van der Waals surface area (Å²) in [6.07, 6.45) is 1.44. The molecule has 0 saturated carbocycles. The number of hydrogen-bond acceptors (Lipinski definition) is 6. The number of sulfonamides is 1. The predicted octanol–water partition coefficient (Wildman–Crippen LogP) is 1.19. The Morgan fingerprint density at radius 2 is 1.78 bits per heavy atom. The maximum atomic E-state index is 13.0. The van der Waals surface area contributed by atoms with E-state index in [-0.39, 0.29) is 35.2 Å². The number of nitrogens with zero attached hydrogens (tertiary/aromatic N) is 2. The van der Waals surface area contributed by atoms with E-state index in [1.165, 1.54) is 10.4 Å². The number of ether oxygens (including phenoxy) is 1. The van der Waals surface area contributed by atoms with Gasteiger partial charge in [0.25, 0.3) is 0 Å². The van der Waals surface area contributed by atoms with Crippen LogP contribution in [0.1, 0.15) is 32.3 Å². The van der Waals surface area contributed by atoms with Crippen LogP contribution in [-0.2, 0) is 24.3 Å². The van der Waals surface area contributed by atoms with Crippen LogP contribution in [0.25, 0.3) is 0 Å². The van der Waals surface area contributed by atoms with Crippen LogP contribution in [0.4, 0.5) is 5.69 Å². The Labute approximate surface area is 190 Å². The van der Waals surface area contributed by atoms with Crippen LogP contribution in [0.3, 0.4) is 0 Å². The molecule has 2 aliphatic rings. The van der Waals surface area contributed by atoms with Gasteiger partial charge in [0.05, 0.1) is 24.7 Å². The van der Waals surface area contributed by atoms with Gasteiger partial charge in [0.15, 0.2) is 0 Å². The highest BCUT2D eigenvalue weighted by molar-refractivity contribution is 7.89. The Balaban J connectivity index is 1.57. The molecule has 1 aromatic rings. The second-order valence-electron chi connectivity index (χ2n) is 8.76. The van der Waals surface area contributed by atoms with Gasteiger partial charge in [-0.25, -0.2) is 8.42 Å². The minimum atomic E-state index is -3.65. The normalized spacial score (nSPS) is 19.1. The van der Waals surface area contributed by atoms with Crippen molar-refractivity contribution >= 4 is 27.5 Å². The fourth-order valence-corrected chi connectivity index (χ4v) is 5.70. The van der Waals surface area contributed by atoms with Crippen molar-refractivity contribution in [1.82, 2.24) is 14.5 Å². The molecule has 3 rings (SSSR count). The Hall–Kier alpha value is -2.01. The van der Waals surface area contributed by atoms with Gasteiger partial charge in [0.1, 0.15) is 0 Å². The van der Waals surface area contributed by atoms with Gasteiger partial charge < -0.3 is 15.4 Å². The van der Waals surface area contributed by atoms with Gasteiger partial charge in [-0.15, -0.1) is 0 Å². The lowest BCUT2D eigenvalue weighted by Crippen LogP contribution is -2.44. The molecule has 2 heterocycles. The second kappa shape index (κ2) is 10.7. The van der Waals surface area contributed by atoms with E-state index in [2.05, 4.69) is 10.6 Å². The summed E-state index contributed by atoms with van der Waals surface area (Å²) < 4.78 is 32.7. The lowest BCUT2D eigenvalue weighted by molar-refractivity contribution is -0.127. The van der Waals surface area contributed by atoms with Crippen molar-refractivity contribution < 1.29 is 22.7 Å². The van der Waals surface area contributed by atoms with Gasteiger partial charge in [-0.2, -0.15) is 4.31 Å². The molecule has 2 aliphatic heterocycles. The predicted molar refractivity (Wildman–Crippen MR) is 122 cm³/mol. The minimum absolute atomic E-state index is 0.0123. The molecule has 1 aromatic carbocycles. The number of anilines is 1. The van der Waals surface area contributed by atoms with Gasteiger partial charge >= 0.3 is 0 Å². The molecule has 9 nitrogen and oxygen atoms in total. The van der Waals surface area contributed by atoms with E-state index in [9.17, 15) is 18.0 Å². The van der Waals surface area contributed by atoms with Crippen molar-refractivity contribution in [1.29, 1.82) is 0 Å². The van der Waals surface area contributed by atoms with Crippen LogP contribution in [0.5, 0.6) is 0 Å². The molecule has 0 aliphatic carbocycles. The maximum absolute atomic E-state index is 13.0. The molecule has 32 heavy (non-hydrogen) atoms. The molecule has 2 N–H and O–H groups in total. The minimum Gasteiger partial charge on any atom is -0.379 e. The number of amides is 2. The molecule has 178 valence electrons. The molecular weight excluding hydrogens is 432 g/mol. The van der Waals surface area contributed by atoms with Crippen LogP contribution in [-0.4, -0.2) is 81.4 Å². The molecule has 0 bridgehead atoms. The molecule has 10 heteroatoms. The van der Waals surface area contributed by atoms with E-state index >= 15 is 0 Å². The summed E-state index contributed by atoms with van der Waals surface area (Å²) in [4.78, 5) is 27.0. The zero-order chi connectivity index (χ0) is 23.3. The molecule has 0 atom stereocenters. The average Bonchev–Trinajstić information content (AvgIpc) is 2.75. The summed E-state index contributed by atoms with van der Waals surface area (Å²) in [7, 11) is -3.65. The molecule has 0 unspecified atom stereocenters. The van der Waals surface area contributed by atoms with E-state index in [0.717, 1.165) is 12.8 Å².